The van der Waals surface area contributed by atoms with Crippen molar-refractivity contribution in [3.63, 3.8) is 0 Å². The van der Waals surface area contributed by atoms with Crippen molar-refractivity contribution >= 4 is 11.6 Å². The Bertz CT molecular complexity index is 649. The predicted molar refractivity (Wildman–Crippen MR) is 94.1 cm³/mol. The molecule has 0 aliphatic rings. The highest BCUT2D eigenvalue weighted by Crippen LogP contribution is 2.15. The highest BCUT2D eigenvalue weighted by molar-refractivity contribution is 5.95. The van der Waals surface area contributed by atoms with Crippen LogP contribution in [0.25, 0.3) is 0 Å². The average molecular weight is 312 g/mol. The lowest BCUT2D eigenvalue weighted by Gasteiger charge is -2.13. The number of nitrogens with zero attached hydrogens (tertiary/aromatic N) is 1. The Labute approximate surface area is 138 Å². The zero-order valence-corrected chi connectivity index (χ0v) is 14.2. The van der Waals surface area contributed by atoms with E-state index in [1.54, 1.807) is 0 Å². The molecule has 0 aliphatic heterocycles. The molecule has 0 unspecified atom stereocenters. The van der Waals surface area contributed by atoms with Gasteiger partial charge in [0.2, 0.25) is 0 Å². The molecule has 2 aromatic rings. The fourth-order valence-corrected chi connectivity index (χ4v) is 2.17. The number of benzene rings is 2. The molecule has 4 heteroatoms. The van der Waals surface area contributed by atoms with Gasteiger partial charge in [-0.3, -0.25) is 4.79 Å². The second-order valence-electron chi connectivity index (χ2n) is 5.94. The lowest BCUT2D eigenvalue weighted by atomic mass is 10.1. The van der Waals surface area contributed by atoms with Gasteiger partial charge in [0, 0.05) is 31.9 Å². The molecule has 0 spiro atoms. The third-order valence-electron chi connectivity index (χ3n) is 3.37. The Kier molecular flexibility index (Phi) is 5.63. The van der Waals surface area contributed by atoms with E-state index >= 15 is 0 Å². The van der Waals surface area contributed by atoms with Crippen LogP contribution in [0.5, 0.6) is 5.75 Å². The van der Waals surface area contributed by atoms with Crippen molar-refractivity contribution in [2.45, 2.75) is 26.5 Å². The summed E-state index contributed by atoms with van der Waals surface area (Å²) >= 11 is 0. The lowest BCUT2D eigenvalue weighted by Crippen LogP contribution is -2.23. The number of rotatable bonds is 6. The Hall–Kier alpha value is -2.49. The molecule has 1 amide bonds. The van der Waals surface area contributed by atoms with Crippen LogP contribution >= 0.6 is 0 Å². The van der Waals surface area contributed by atoms with E-state index in [1.165, 1.54) is 0 Å². The van der Waals surface area contributed by atoms with Crippen LogP contribution in [0.15, 0.2) is 48.5 Å². The SMILES string of the molecule is CC(C)Oc1ccc(CNC(=O)c2cccc(N(C)C)c2)cc1. The molecule has 4 nitrogen and oxygen atoms in total. The summed E-state index contributed by atoms with van der Waals surface area (Å²) in [7, 11) is 3.91. The predicted octanol–water partition coefficient (Wildman–Crippen LogP) is 3.47. The van der Waals surface area contributed by atoms with Crippen molar-refractivity contribution in [1.82, 2.24) is 5.32 Å². The number of carbonyl (C=O) groups is 1. The van der Waals surface area contributed by atoms with Crippen molar-refractivity contribution in [2.24, 2.45) is 0 Å². The maximum atomic E-state index is 12.3. The molecule has 0 radical (unpaired) electrons. The quantitative estimate of drug-likeness (QED) is 0.888. The molecule has 0 bridgehead atoms. The van der Waals surface area contributed by atoms with E-state index in [0.29, 0.717) is 12.1 Å². The second kappa shape index (κ2) is 7.68. The average Bonchev–Trinajstić information content (AvgIpc) is 2.53. The molecule has 0 aromatic heterocycles. The highest BCUT2D eigenvalue weighted by Gasteiger charge is 2.07. The number of ether oxygens (including phenoxy) is 1. The van der Waals surface area contributed by atoms with Crippen LogP contribution in [-0.4, -0.2) is 26.1 Å². The largest absolute Gasteiger partial charge is 0.491 e. The molecule has 0 fully saturated rings. The first-order valence-electron chi connectivity index (χ1n) is 7.77. The van der Waals surface area contributed by atoms with E-state index in [1.807, 2.05) is 81.4 Å². The molecular formula is C19H24N2O2. The standard InChI is InChI=1S/C19H24N2O2/c1-14(2)23-18-10-8-15(9-11-18)13-20-19(22)16-6-5-7-17(12-16)21(3)4/h5-12,14H,13H2,1-4H3,(H,20,22). The van der Waals surface area contributed by atoms with Gasteiger partial charge in [0.1, 0.15) is 5.75 Å². The molecule has 0 aliphatic carbocycles. The van der Waals surface area contributed by atoms with E-state index < -0.39 is 0 Å². The fraction of sp³-hybridized carbons (Fsp3) is 0.316. The summed E-state index contributed by atoms with van der Waals surface area (Å²) in [5.74, 6) is 0.768. The van der Waals surface area contributed by atoms with Gasteiger partial charge in [-0.1, -0.05) is 18.2 Å². The minimum absolute atomic E-state index is 0.0730. The molecule has 23 heavy (non-hydrogen) atoms. The molecular weight excluding hydrogens is 288 g/mol. The van der Waals surface area contributed by atoms with Gasteiger partial charge in [0.15, 0.2) is 0 Å². The van der Waals surface area contributed by atoms with Crippen molar-refractivity contribution in [3.8, 4) is 5.75 Å². The maximum absolute atomic E-state index is 12.3. The lowest BCUT2D eigenvalue weighted by molar-refractivity contribution is 0.0951. The second-order valence-corrected chi connectivity index (χ2v) is 5.94. The van der Waals surface area contributed by atoms with Gasteiger partial charge in [0.25, 0.3) is 5.91 Å². The van der Waals surface area contributed by atoms with E-state index in [-0.39, 0.29) is 12.0 Å². The van der Waals surface area contributed by atoms with Gasteiger partial charge < -0.3 is 15.0 Å². The first kappa shape index (κ1) is 16.9. The van der Waals surface area contributed by atoms with E-state index in [4.69, 9.17) is 4.74 Å². The number of hydrogen-bond donors (Lipinski definition) is 1. The third-order valence-corrected chi connectivity index (χ3v) is 3.37. The van der Waals surface area contributed by atoms with Crippen LogP contribution < -0.4 is 15.0 Å². The van der Waals surface area contributed by atoms with Crippen LogP contribution in [0, 0.1) is 0 Å². The zero-order chi connectivity index (χ0) is 16.8. The number of nitrogens with one attached hydrogen (secondary N) is 1. The summed E-state index contributed by atoms with van der Waals surface area (Å²) < 4.78 is 5.61. The van der Waals surface area contributed by atoms with Crippen molar-refractivity contribution in [1.29, 1.82) is 0 Å². The van der Waals surface area contributed by atoms with Gasteiger partial charge in [0.05, 0.1) is 6.10 Å². The summed E-state index contributed by atoms with van der Waals surface area (Å²) in [6.07, 6.45) is 0.157. The highest BCUT2D eigenvalue weighted by atomic mass is 16.5. The molecule has 0 heterocycles. The molecule has 2 aromatic carbocycles. The zero-order valence-electron chi connectivity index (χ0n) is 14.2. The monoisotopic (exact) mass is 312 g/mol. The van der Waals surface area contributed by atoms with Crippen LogP contribution in [0.4, 0.5) is 5.69 Å². The molecule has 0 saturated carbocycles. The summed E-state index contributed by atoms with van der Waals surface area (Å²) in [5.41, 5.74) is 2.71. The van der Waals surface area contributed by atoms with Crippen LogP contribution in [0.3, 0.4) is 0 Å². The van der Waals surface area contributed by atoms with Gasteiger partial charge in [-0.15, -0.1) is 0 Å². The minimum atomic E-state index is -0.0730. The first-order valence-corrected chi connectivity index (χ1v) is 7.77. The number of anilines is 1. The van der Waals surface area contributed by atoms with Crippen molar-refractivity contribution in [2.75, 3.05) is 19.0 Å². The third kappa shape index (κ3) is 5.02. The van der Waals surface area contributed by atoms with E-state index in [0.717, 1.165) is 17.0 Å². The minimum Gasteiger partial charge on any atom is -0.491 e. The molecule has 122 valence electrons. The summed E-state index contributed by atoms with van der Waals surface area (Å²) in [6.45, 7) is 4.49. The molecule has 2 rings (SSSR count). The smallest absolute Gasteiger partial charge is 0.251 e. The molecule has 0 saturated heterocycles. The number of amides is 1. The van der Waals surface area contributed by atoms with E-state index in [9.17, 15) is 4.79 Å². The first-order chi connectivity index (χ1) is 11.0. The summed E-state index contributed by atoms with van der Waals surface area (Å²) in [5, 5.41) is 2.94. The normalized spacial score (nSPS) is 10.5. The Balaban J connectivity index is 1.95. The Morgan fingerprint density at radius 2 is 1.83 bits per heavy atom. The molecule has 1 N–H and O–H groups in total. The molecule has 0 atom stereocenters. The van der Waals surface area contributed by atoms with Crippen LogP contribution in [0.2, 0.25) is 0 Å². The van der Waals surface area contributed by atoms with Crippen molar-refractivity contribution in [3.05, 3.63) is 59.7 Å². The van der Waals surface area contributed by atoms with Gasteiger partial charge in [-0.05, 0) is 49.7 Å². The Morgan fingerprint density at radius 3 is 2.43 bits per heavy atom. The fourth-order valence-electron chi connectivity index (χ4n) is 2.17. The summed E-state index contributed by atoms with van der Waals surface area (Å²) in [4.78, 5) is 14.2. The summed E-state index contributed by atoms with van der Waals surface area (Å²) in [6, 6.07) is 15.4. The van der Waals surface area contributed by atoms with E-state index in [2.05, 4.69) is 5.32 Å². The topological polar surface area (TPSA) is 41.6 Å². The number of carbonyl (C=O) groups excluding carboxylic acids is 1. The maximum Gasteiger partial charge on any atom is 0.251 e. The van der Waals surface area contributed by atoms with Crippen molar-refractivity contribution < 1.29 is 9.53 Å². The number of hydrogen-bond acceptors (Lipinski definition) is 3. The van der Waals surface area contributed by atoms with Crippen LogP contribution in [0.1, 0.15) is 29.8 Å². The van der Waals surface area contributed by atoms with Gasteiger partial charge in [-0.25, -0.2) is 0 Å². The van der Waals surface area contributed by atoms with Gasteiger partial charge >= 0.3 is 0 Å². The van der Waals surface area contributed by atoms with Gasteiger partial charge in [-0.2, -0.15) is 0 Å². The Morgan fingerprint density at radius 1 is 1.13 bits per heavy atom. The van der Waals surface area contributed by atoms with Crippen LogP contribution in [-0.2, 0) is 6.54 Å².